The zero-order valence-electron chi connectivity index (χ0n) is 14.5. The number of carbonyl (C=O) groups is 1. The summed E-state index contributed by atoms with van der Waals surface area (Å²) in [6.07, 6.45) is 0. The molecule has 0 radical (unpaired) electrons. The van der Waals surface area contributed by atoms with Gasteiger partial charge in [-0.1, -0.05) is 13.0 Å². The average molecular weight is 364 g/mol. The van der Waals surface area contributed by atoms with Gasteiger partial charge in [-0.15, -0.1) is 0 Å². The number of amides is 1. The smallest absolute Gasteiger partial charge is 0.258 e. The van der Waals surface area contributed by atoms with Gasteiger partial charge in [0.2, 0.25) is 15.7 Å². The summed E-state index contributed by atoms with van der Waals surface area (Å²) in [6.45, 7) is 5.31. The molecule has 8 nitrogen and oxygen atoms in total. The third kappa shape index (κ3) is 4.05. The average Bonchev–Trinajstić information content (AvgIpc) is 2.52. The highest BCUT2D eigenvalue weighted by Gasteiger charge is 2.25. The number of aromatic nitrogens is 2. The van der Waals surface area contributed by atoms with Gasteiger partial charge in [0.25, 0.3) is 11.1 Å². The molecule has 134 valence electrons. The molecule has 0 bridgehead atoms. The quantitative estimate of drug-likeness (QED) is 0.748. The SMILES string of the molecule is CCS(=O)(=O)c1nc(Nc2cc(C)cc(C)c2)c(C(N)=O)c(OC)n1. The van der Waals surface area contributed by atoms with E-state index in [1.165, 1.54) is 14.0 Å². The maximum atomic E-state index is 12.1. The van der Waals surface area contributed by atoms with Crippen LogP contribution in [0.3, 0.4) is 0 Å². The minimum absolute atomic E-state index is 0.0172. The van der Waals surface area contributed by atoms with Crippen LogP contribution in [0.4, 0.5) is 11.5 Å². The second-order valence-corrected chi connectivity index (χ2v) is 7.68. The zero-order valence-corrected chi connectivity index (χ0v) is 15.3. The third-order valence-corrected chi connectivity index (χ3v) is 4.94. The first-order valence-corrected chi connectivity index (χ1v) is 9.17. The van der Waals surface area contributed by atoms with Crippen LogP contribution >= 0.6 is 0 Å². The molecule has 0 fully saturated rings. The van der Waals surface area contributed by atoms with Gasteiger partial charge in [0.1, 0.15) is 5.56 Å². The van der Waals surface area contributed by atoms with E-state index in [1.807, 2.05) is 32.0 Å². The van der Waals surface area contributed by atoms with Crippen molar-refractivity contribution in [1.29, 1.82) is 0 Å². The molecule has 0 saturated carbocycles. The number of methoxy groups -OCH3 is 1. The Morgan fingerprint density at radius 1 is 1.20 bits per heavy atom. The summed E-state index contributed by atoms with van der Waals surface area (Å²) in [4.78, 5) is 19.7. The third-order valence-electron chi connectivity index (χ3n) is 3.44. The van der Waals surface area contributed by atoms with Crippen LogP contribution in [0.5, 0.6) is 5.88 Å². The lowest BCUT2D eigenvalue weighted by Gasteiger charge is -2.14. The van der Waals surface area contributed by atoms with Crippen molar-refractivity contribution in [3.63, 3.8) is 0 Å². The number of hydrogen-bond donors (Lipinski definition) is 2. The molecule has 3 N–H and O–H groups in total. The summed E-state index contributed by atoms with van der Waals surface area (Å²) in [7, 11) is -2.42. The minimum atomic E-state index is -3.70. The van der Waals surface area contributed by atoms with Gasteiger partial charge >= 0.3 is 0 Å². The number of aryl methyl sites for hydroxylation is 2. The molecule has 2 aromatic rings. The van der Waals surface area contributed by atoms with Crippen molar-refractivity contribution in [3.05, 3.63) is 34.9 Å². The summed E-state index contributed by atoms with van der Waals surface area (Å²) in [5, 5.41) is 2.52. The van der Waals surface area contributed by atoms with Gasteiger partial charge < -0.3 is 15.8 Å². The van der Waals surface area contributed by atoms with Crippen molar-refractivity contribution in [3.8, 4) is 5.88 Å². The van der Waals surface area contributed by atoms with Crippen LogP contribution in [-0.4, -0.2) is 37.2 Å². The molecular formula is C16H20N4O4S. The normalized spacial score (nSPS) is 11.2. The molecule has 1 amide bonds. The number of hydrogen-bond acceptors (Lipinski definition) is 7. The molecular weight excluding hydrogens is 344 g/mol. The first kappa shape index (κ1) is 18.7. The summed E-state index contributed by atoms with van der Waals surface area (Å²) < 4.78 is 29.3. The molecule has 0 unspecified atom stereocenters. The first-order valence-electron chi connectivity index (χ1n) is 7.51. The highest BCUT2D eigenvalue weighted by molar-refractivity contribution is 7.91. The van der Waals surface area contributed by atoms with Crippen molar-refractivity contribution in [1.82, 2.24) is 9.97 Å². The van der Waals surface area contributed by atoms with Gasteiger partial charge in [-0.2, -0.15) is 9.97 Å². The molecule has 1 aromatic carbocycles. The summed E-state index contributed by atoms with van der Waals surface area (Å²) in [6, 6.07) is 5.65. The number of anilines is 2. The molecule has 0 aliphatic carbocycles. The molecule has 25 heavy (non-hydrogen) atoms. The summed E-state index contributed by atoms with van der Waals surface area (Å²) in [5.41, 5.74) is 7.92. The highest BCUT2D eigenvalue weighted by atomic mass is 32.2. The number of nitrogens with one attached hydrogen (secondary N) is 1. The standard InChI is InChI=1S/C16H20N4O4S/c1-5-25(22,23)16-19-14(12(13(17)21)15(20-16)24-4)18-11-7-9(2)6-10(3)8-11/h6-8H,5H2,1-4H3,(H2,17,21)(H,18,19,20). The molecule has 9 heteroatoms. The van der Waals surface area contributed by atoms with Crippen molar-refractivity contribution >= 4 is 27.2 Å². The lowest BCUT2D eigenvalue weighted by atomic mass is 10.1. The van der Waals surface area contributed by atoms with Crippen LogP contribution in [0.25, 0.3) is 0 Å². The lowest BCUT2D eigenvalue weighted by molar-refractivity contribution is 0.0997. The fourth-order valence-corrected chi connectivity index (χ4v) is 3.04. The zero-order chi connectivity index (χ0) is 18.8. The van der Waals surface area contributed by atoms with Crippen molar-refractivity contribution in [2.45, 2.75) is 25.9 Å². The minimum Gasteiger partial charge on any atom is -0.480 e. The molecule has 0 spiro atoms. The maximum absolute atomic E-state index is 12.1. The lowest BCUT2D eigenvalue weighted by Crippen LogP contribution is -2.20. The van der Waals surface area contributed by atoms with Gasteiger partial charge in [-0.25, -0.2) is 8.42 Å². The number of nitrogens with two attached hydrogens (primary N) is 1. The van der Waals surface area contributed by atoms with E-state index >= 15 is 0 Å². The fraction of sp³-hybridized carbons (Fsp3) is 0.312. The highest BCUT2D eigenvalue weighted by Crippen LogP contribution is 2.28. The summed E-state index contributed by atoms with van der Waals surface area (Å²) >= 11 is 0. The van der Waals surface area contributed by atoms with Gasteiger partial charge in [0, 0.05) is 5.69 Å². The number of sulfone groups is 1. The molecule has 0 saturated heterocycles. The predicted octanol–water partition coefficient (Wildman–Crippen LogP) is 1.74. The second kappa shape index (κ2) is 7.06. The van der Waals surface area contributed by atoms with Crippen LogP contribution in [0, 0.1) is 13.8 Å². The van der Waals surface area contributed by atoms with E-state index in [4.69, 9.17) is 10.5 Å². The number of benzene rings is 1. The van der Waals surface area contributed by atoms with Crippen LogP contribution in [0.2, 0.25) is 0 Å². The Morgan fingerprint density at radius 2 is 1.80 bits per heavy atom. The van der Waals surface area contributed by atoms with Crippen LogP contribution < -0.4 is 15.8 Å². The molecule has 1 aromatic heterocycles. The van der Waals surface area contributed by atoms with E-state index in [1.54, 1.807) is 0 Å². The number of ether oxygens (including phenoxy) is 1. The van der Waals surface area contributed by atoms with Crippen LogP contribution in [0.1, 0.15) is 28.4 Å². The van der Waals surface area contributed by atoms with E-state index < -0.39 is 20.9 Å². The Balaban J connectivity index is 2.68. The number of nitrogens with zero attached hydrogens (tertiary/aromatic N) is 2. The van der Waals surface area contributed by atoms with Crippen molar-refractivity contribution < 1.29 is 17.9 Å². The van der Waals surface area contributed by atoms with Crippen LogP contribution in [-0.2, 0) is 9.84 Å². The Labute approximate surface area is 146 Å². The Hall–Kier alpha value is -2.68. The molecule has 0 aliphatic heterocycles. The fourth-order valence-electron chi connectivity index (χ4n) is 2.33. The largest absolute Gasteiger partial charge is 0.480 e. The Kier molecular flexibility index (Phi) is 5.27. The number of primary amides is 1. The molecule has 0 atom stereocenters. The number of rotatable bonds is 6. The predicted molar refractivity (Wildman–Crippen MR) is 94.0 cm³/mol. The summed E-state index contributed by atoms with van der Waals surface area (Å²) in [5.74, 6) is -1.23. The Morgan fingerprint density at radius 3 is 2.28 bits per heavy atom. The van der Waals surface area contributed by atoms with Crippen molar-refractivity contribution in [2.75, 3.05) is 18.2 Å². The molecule has 0 aliphatic rings. The molecule has 1 heterocycles. The Bertz CT molecular complexity index is 906. The topological polar surface area (TPSA) is 124 Å². The monoisotopic (exact) mass is 364 g/mol. The van der Waals surface area contributed by atoms with E-state index in [2.05, 4.69) is 15.3 Å². The maximum Gasteiger partial charge on any atom is 0.258 e. The van der Waals surface area contributed by atoms with Gasteiger partial charge in [0.05, 0.1) is 12.9 Å². The first-order chi connectivity index (χ1) is 11.7. The van der Waals surface area contributed by atoms with Crippen molar-refractivity contribution in [2.24, 2.45) is 5.73 Å². The van der Waals surface area contributed by atoms with Gasteiger partial charge in [-0.3, -0.25) is 4.79 Å². The second-order valence-electron chi connectivity index (χ2n) is 5.51. The molecule has 2 rings (SSSR count). The van der Waals surface area contributed by atoms with E-state index in [9.17, 15) is 13.2 Å². The van der Waals surface area contributed by atoms with Crippen LogP contribution in [0.15, 0.2) is 23.4 Å². The van der Waals surface area contributed by atoms with Gasteiger partial charge in [0.15, 0.2) is 5.82 Å². The van der Waals surface area contributed by atoms with E-state index in [0.29, 0.717) is 5.69 Å². The number of carbonyl (C=O) groups excluding carboxylic acids is 1. The van der Waals surface area contributed by atoms with E-state index in [0.717, 1.165) is 11.1 Å². The van der Waals surface area contributed by atoms with E-state index in [-0.39, 0.29) is 23.0 Å². The van der Waals surface area contributed by atoms with Gasteiger partial charge in [-0.05, 0) is 37.1 Å².